The molecule has 2 N–H and O–H groups in total. The molecule has 2 heteroatoms. The van der Waals surface area contributed by atoms with E-state index >= 15 is 0 Å². The molecule has 1 saturated carbocycles. The Balaban J connectivity index is 1.92. The molecule has 1 saturated heterocycles. The fourth-order valence-electron chi connectivity index (χ4n) is 3.04. The van der Waals surface area contributed by atoms with Gasteiger partial charge in [-0.3, -0.25) is 0 Å². The van der Waals surface area contributed by atoms with Crippen LogP contribution in [0.4, 0.5) is 0 Å². The minimum atomic E-state index is 0.466. The van der Waals surface area contributed by atoms with Crippen molar-refractivity contribution in [2.24, 2.45) is 23.5 Å². The average Bonchev–Trinajstić information content (AvgIpc) is 2.49. The fourth-order valence-corrected chi connectivity index (χ4v) is 3.04. The number of rotatable bonds is 1. The average molecular weight is 183 g/mol. The smallest absolute Gasteiger partial charge is 0.0468 e. The monoisotopic (exact) mass is 183 g/mol. The lowest BCUT2D eigenvalue weighted by Crippen LogP contribution is -2.30. The van der Waals surface area contributed by atoms with Gasteiger partial charge in [0.2, 0.25) is 0 Å². The van der Waals surface area contributed by atoms with E-state index in [1.54, 1.807) is 0 Å². The summed E-state index contributed by atoms with van der Waals surface area (Å²) in [4.78, 5) is 0. The van der Waals surface area contributed by atoms with Crippen molar-refractivity contribution in [2.75, 3.05) is 13.2 Å². The molecule has 0 aromatic rings. The van der Waals surface area contributed by atoms with E-state index in [4.69, 9.17) is 10.5 Å². The van der Waals surface area contributed by atoms with Crippen LogP contribution in [0.5, 0.6) is 0 Å². The maximum Gasteiger partial charge on any atom is 0.0468 e. The van der Waals surface area contributed by atoms with Crippen LogP contribution in [0.25, 0.3) is 0 Å². The van der Waals surface area contributed by atoms with E-state index in [0.29, 0.717) is 6.04 Å². The van der Waals surface area contributed by atoms with E-state index < -0.39 is 0 Å². The summed E-state index contributed by atoms with van der Waals surface area (Å²) in [5.74, 6) is 2.53. The zero-order valence-corrected chi connectivity index (χ0v) is 8.54. The summed E-state index contributed by atoms with van der Waals surface area (Å²) in [6.07, 6.45) is 5.12. The summed E-state index contributed by atoms with van der Waals surface area (Å²) in [5.41, 5.74) is 6.04. The molecule has 1 heterocycles. The molecule has 2 nitrogen and oxygen atoms in total. The molecule has 2 rings (SSSR count). The van der Waals surface area contributed by atoms with Crippen LogP contribution >= 0.6 is 0 Å². The van der Waals surface area contributed by atoms with Gasteiger partial charge in [-0.25, -0.2) is 0 Å². The second-order valence-electron chi connectivity index (χ2n) is 4.71. The lowest BCUT2D eigenvalue weighted by atomic mass is 9.80. The highest BCUT2D eigenvalue weighted by atomic mass is 16.5. The van der Waals surface area contributed by atoms with E-state index in [2.05, 4.69) is 6.92 Å². The van der Waals surface area contributed by atoms with Crippen molar-refractivity contribution in [3.8, 4) is 0 Å². The van der Waals surface area contributed by atoms with Crippen LogP contribution in [0.3, 0.4) is 0 Å². The Hall–Kier alpha value is -0.0800. The molecule has 0 radical (unpaired) electrons. The van der Waals surface area contributed by atoms with Crippen molar-refractivity contribution in [3.05, 3.63) is 0 Å². The fraction of sp³-hybridized carbons (Fsp3) is 1.00. The first kappa shape index (κ1) is 9.47. The summed E-state index contributed by atoms with van der Waals surface area (Å²) >= 11 is 0. The molecular weight excluding hydrogens is 162 g/mol. The topological polar surface area (TPSA) is 35.2 Å². The zero-order chi connectivity index (χ0) is 9.26. The minimum Gasteiger partial charge on any atom is -0.381 e. The first-order valence-corrected chi connectivity index (χ1v) is 5.62. The van der Waals surface area contributed by atoms with Gasteiger partial charge in [-0.15, -0.1) is 0 Å². The predicted octanol–water partition coefficient (Wildman–Crippen LogP) is 1.79. The summed E-state index contributed by atoms with van der Waals surface area (Å²) in [5, 5.41) is 0. The first-order chi connectivity index (χ1) is 6.29. The zero-order valence-electron chi connectivity index (χ0n) is 8.54. The molecule has 0 amide bonds. The SMILES string of the molecule is CC1C(N)CCC1C1CCOCC1. The Kier molecular flexibility index (Phi) is 2.89. The number of hydrogen-bond donors (Lipinski definition) is 1. The van der Waals surface area contributed by atoms with Crippen LogP contribution in [0.1, 0.15) is 32.6 Å². The third kappa shape index (κ3) is 1.89. The summed E-state index contributed by atoms with van der Waals surface area (Å²) in [6, 6.07) is 0.466. The molecule has 1 aliphatic heterocycles. The Morgan fingerprint density at radius 2 is 1.77 bits per heavy atom. The van der Waals surface area contributed by atoms with E-state index in [1.165, 1.54) is 25.7 Å². The standard InChI is InChI=1S/C11H21NO/c1-8-10(2-3-11(8)12)9-4-6-13-7-5-9/h8-11H,2-7,12H2,1H3. The van der Waals surface area contributed by atoms with Gasteiger partial charge in [0.25, 0.3) is 0 Å². The molecule has 3 atom stereocenters. The van der Waals surface area contributed by atoms with Crippen LogP contribution in [0.2, 0.25) is 0 Å². The molecule has 2 fully saturated rings. The third-order valence-electron chi connectivity index (χ3n) is 4.06. The van der Waals surface area contributed by atoms with Crippen LogP contribution < -0.4 is 5.73 Å². The van der Waals surface area contributed by atoms with Gasteiger partial charge in [-0.05, 0) is 43.4 Å². The van der Waals surface area contributed by atoms with Crippen LogP contribution in [0.15, 0.2) is 0 Å². The Bertz CT molecular complexity index is 165. The van der Waals surface area contributed by atoms with Gasteiger partial charge in [0.15, 0.2) is 0 Å². The van der Waals surface area contributed by atoms with Crippen molar-refractivity contribution in [1.82, 2.24) is 0 Å². The molecule has 76 valence electrons. The number of ether oxygens (including phenoxy) is 1. The maximum atomic E-state index is 6.04. The molecule has 0 spiro atoms. The maximum absolute atomic E-state index is 6.04. The Labute approximate surface area is 80.8 Å². The van der Waals surface area contributed by atoms with E-state index in [0.717, 1.165) is 31.0 Å². The quantitative estimate of drug-likeness (QED) is 0.672. The van der Waals surface area contributed by atoms with Gasteiger partial charge in [-0.2, -0.15) is 0 Å². The summed E-state index contributed by atoms with van der Waals surface area (Å²) < 4.78 is 5.39. The van der Waals surface area contributed by atoms with Crippen molar-refractivity contribution in [1.29, 1.82) is 0 Å². The molecule has 0 bridgehead atoms. The molecule has 13 heavy (non-hydrogen) atoms. The lowest BCUT2D eigenvalue weighted by molar-refractivity contribution is 0.0399. The Morgan fingerprint density at radius 3 is 2.31 bits per heavy atom. The highest BCUT2D eigenvalue weighted by Crippen LogP contribution is 2.39. The van der Waals surface area contributed by atoms with Gasteiger partial charge < -0.3 is 10.5 Å². The normalized spacial score (nSPS) is 42.5. The molecule has 1 aliphatic carbocycles. The van der Waals surface area contributed by atoms with Gasteiger partial charge in [0.1, 0.15) is 0 Å². The van der Waals surface area contributed by atoms with E-state index in [-0.39, 0.29) is 0 Å². The molecule has 2 aliphatic rings. The van der Waals surface area contributed by atoms with Crippen molar-refractivity contribution in [2.45, 2.75) is 38.6 Å². The van der Waals surface area contributed by atoms with Crippen molar-refractivity contribution >= 4 is 0 Å². The van der Waals surface area contributed by atoms with Gasteiger partial charge >= 0.3 is 0 Å². The largest absolute Gasteiger partial charge is 0.381 e. The number of nitrogens with two attached hydrogens (primary N) is 1. The highest BCUT2D eigenvalue weighted by molar-refractivity contribution is 4.88. The summed E-state index contributed by atoms with van der Waals surface area (Å²) in [6.45, 7) is 4.28. The molecular formula is C11H21NO. The molecule has 0 aromatic heterocycles. The predicted molar refractivity (Wildman–Crippen MR) is 53.4 cm³/mol. The van der Waals surface area contributed by atoms with Crippen LogP contribution in [0, 0.1) is 17.8 Å². The van der Waals surface area contributed by atoms with Crippen molar-refractivity contribution in [3.63, 3.8) is 0 Å². The van der Waals surface area contributed by atoms with Gasteiger partial charge in [0, 0.05) is 19.3 Å². The van der Waals surface area contributed by atoms with E-state index in [9.17, 15) is 0 Å². The van der Waals surface area contributed by atoms with Crippen molar-refractivity contribution < 1.29 is 4.74 Å². The third-order valence-corrected chi connectivity index (χ3v) is 4.06. The summed E-state index contributed by atoms with van der Waals surface area (Å²) in [7, 11) is 0. The minimum absolute atomic E-state index is 0.466. The second-order valence-corrected chi connectivity index (χ2v) is 4.71. The molecule has 3 unspecified atom stereocenters. The first-order valence-electron chi connectivity index (χ1n) is 5.62. The number of hydrogen-bond acceptors (Lipinski definition) is 2. The highest BCUT2D eigenvalue weighted by Gasteiger charge is 2.35. The van der Waals surface area contributed by atoms with Crippen LogP contribution in [-0.4, -0.2) is 19.3 Å². The second kappa shape index (κ2) is 3.97. The van der Waals surface area contributed by atoms with Crippen LogP contribution in [-0.2, 0) is 4.74 Å². The lowest BCUT2D eigenvalue weighted by Gasteiger charge is -2.30. The van der Waals surface area contributed by atoms with Gasteiger partial charge in [0.05, 0.1) is 0 Å². The Morgan fingerprint density at radius 1 is 1.08 bits per heavy atom. The van der Waals surface area contributed by atoms with E-state index in [1.807, 2.05) is 0 Å². The van der Waals surface area contributed by atoms with Gasteiger partial charge in [-0.1, -0.05) is 6.92 Å². The molecule has 0 aromatic carbocycles.